The molecule has 1 aliphatic carbocycles. The van der Waals surface area contributed by atoms with Crippen LogP contribution in [0.1, 0.15) is 22.6 Å². The Labute approximate surface area is 118 Å². The predicted molar refractivity (Wildman–Crippen MR) is 85.7 cm³/mol. The minimum atomic E-state index is 0.330. The molecule has 0 saturated carbocycles. The van der Waals surface area contributed by atoms with Crippen LogP contribution in [0.15, 0.2) is 66.7 Å². The van der Waals surface area contributed by atoms with E-state index in [1.165, 1.54) is 27.5 Å². The minimum absolute atomic E-state index is 0.330. The molecule has 2 N–H and O–H groups in total. The van der Waals surface area contributed by atoms with Crippen molar-refractivity contribution in [1.29, 1.82) is 0 Å². The number of allylic oxidation sites excluding steroid dienone is 1. The van der Waals surface area contributed by atoms with Crippen molar-refractivity contribution < 1.29 is 0 Å². The average Bonchev–Trinajstić information content (AvgIpc) is 2.90. The highest BCUT2D eigenvalue weighted by Crippen LogP contribution is 2.38. The molecule has 20 heavy (non-hydrogen) atoms. The summed E-state index contributed by atoms with van der Waals surface area (Å²) in [6, 6.07) is 21.2. The van der Waals surface area contributed by atoms with Crippen LogP contribution in [0.3, 0.4) is 0 Å². The van der Waals surface area contributed by atoms with Gasteiger partial charge in [0.15, 0.2) is 0 Å². The summed E-state index contributed by atoms with van der Waals surface area (Å²) in [5.41, 5.74) is 10.8. The normalized spacial score (nSPS) is 16.5. The lowest BCUT2D eigenvalue weighted by molar-refractivity contribution is 1.07. The van der Waals surface area contributed by atoms with Crippen molar-refractivity contribution in [2.75, 3.05) is 5.73 Å². The van der Waals surface area contributed by atoms with E-state index in [9.17, 15) is 0 Å². The zero-order valence-electron chi connectivity index (χ0n) is 11.1. The summed E-state index contributed by atoms with van der Waals surface area (Å²) < 4.78 is 0. The molecule has 0 heterocycles. The Kier molecular flexibility index (Phi) is 2.40. The van der Waals surface area contributed by atoms with Crippen LogP contribution >= 0.6 is 0 Å². The fourth-order valence-electron chi connectivity index (χ4n) is 3.11. The second-order valence-electron chi connectivity index (χ2n) is 5.29. The topological polar surface area (TPSA) is 26.0 Å². The maximum Gasteiger partial charge on any atom is 0.0320 e. The first-order valence-corrected chi connectivity index (χ1v) is 6.88. The Balaban J connectivity index is 1.96. The smallest absolute Gasteiger partial charge is 0.0320 e. The maximum atomic E-state index is 5.97. The van der Waals surface area contributed by atoms with E-state index in [2.05, 4.69) is 66.7 Å². The van der Waals surface area contributed by atoms with E-state index in [-0.39, 0.29) is 0 Å². The molecule has 0 spiro atoms. The molecular weight excluding hydrogens is 242 g/mol. The average molecular weight is 257 g/mol. The molecule has 0 fully saturated rings. The van der Waals surface area contributed by atoms with Crippen molar-refractivity contribution in [1.82, 2.24) is 0 Å². The van der Waals surface area contributed by atoms with E-state index < -0.39 is 0 Å². The third kappa shape index (κ3) is 1.64. The van der Waals surface area contributed by atoms with Gasteiger partial charge in [0.1, 0.15) is 0 Å². The fraction of sp³-hybridized carbons (Fsp3) is 0.0526. The third-order valence-corrected chi connectivity index (χ3v) is 4.07. The molecule has 0 aromatic heterocycles. The molecule has 1 heteroatoms. The third-order valence-electron chi connectivity index (χ3n) is 4.07. The maximum absolute atomic E-state index is 5.97. The van der Waals surface area contributed by atoms with E-state index in [4.69, 9.17) is 5.73 Å². The van der Waals surface area contributed by atoms with Gasteiger partial charge in [-0.05, 0) is 39.6 Å². The molecule has 0 amide bonds. The number of hydrogen-bond acceptors (Lipinski definition) is 1. The standard InChI is InChI=1S/C19H15N/c20-15-10-8-14-5-3-7-17(19(14)12-15)18-11-9-13-4-1-2-6-16(13)18/h1-12,18H,20H2. The van der Waals surface area contributed by atoms with Crippen molar-refractivity contribution in [2.45, 2.75) is 5.92 Å². The number of benzene rings is 3. The lowest BCUT2D eigenvalue weighted by atomic mass is 9.89. The van der Waals surface area contributed by atoms with E-state index in [0.717, 1.165) is 5.69 Å². The van der Waals surface area contributed by atoms with Gasteiger partial charge in [-0.1, -0.05) is 60.7 Å². The highest BCUT2D eigenvalue weighted by atomic mass is 14.5. The van der Waals surface area contributed by atoms with Gasteiger partial charge >= 0.3 is 0 Å². The van der Waals surface area contributed by atoms with Gasteiger partial charge in [0, 0.05) is 11.6 Å². The van der Waals surface area contributed by atoms with Crippen molar-refractivity contribution >= 4 is 22.5 Å². The van der Waals surface area contributed by atoms with Crippen LogP contribution < -0.4 is 5.73 Å². The Morgan fingerprint density at radius 3 is 2.60 bits per heavy atom. The number of anilines is 1. The van der Waals surface area contributed by atoms with Crippen LogP contribution in [-0.2, 0) is 0 Å². The molecule has 1 aliphatic rings. The van der Waals surface area contributed by atoms with Crippen molar-refractivity contribution in [3.8, 4) is 0 Å². The summed E-state index contributed by atoms with van der Waals surface area (Å²) in [4.78, 5) is 0. The molecule has 96 valence electrons. The van der Waals surface area contributed by atoms with Crippen LogP contribution in [0, 0.1) is 0 Å². The molecule has 0 bridgehead atoms. The zero-order chi connectivity index (χ0) is 13.5. The largest absolute Gasteiger partial charge is 0.399 e. The number of fused-ring (bicyclic) bond motifs is 2. The summed E-state index contributed by atoms with van der Waals surface area (Å²) in [6.45, 7) is 0. The van der Waals surface area contributed by atoms with Gasteiger partial charge in [-0.25, -0.2) is 0 Å². The molecule has 3 aromatic rings. The Bertz CT molecular complexity index is 830. The van der Waals surface area contributed by atoms with Crippen LogP contribution in [0.4, 0.5) is 5.69 Å². The molecule has 1 unspecified atom stereocenters. The molecule has 4 rings (SSSR count). The lowest BCUT2D eigenvalue weighted by Gasteiger charge is -2.14. The Morgan fingerprint density at radius 1 is 0.800 bits per heavy atom. The van der Waals surface area contributed by atoms with Gasteiger partial charge in [-0.15, -0.1) is 0 Å². The van der Waals surface area contributed by atoms with Gasteiger partial charge in [-0.3, -0.25) is 0 Å². The van der Waals surface area contributed by atoms with Crippen LogP contribution in [0.5, 0.6) is 0 Å². The summed E-state index contributed by atoms with van der Waals surface area (Å²) >= 11 is 0. The Hall–Kier alpha value is -2.54. The highest BCUT2D eigenvalue weighted by molar-refractivity contribution is 5.90. The van der Waals surface area contributed by atoms with E-state index in [0.29, 0.717) is 5.92 Å². The SMILES string of the molecule is Nc1ccc2cccc(C3C=Cc4ccccc43)c2c1. The van der Waals surface area contributed by atoms with E-state index >= 15 is 0 Å². The van der Waals surface area contributed by atoms with Crippen molar-refractivity contribution in [2.24, 2.45) is 0 Å². The summed E-state index contributed by atoms with van der Waals surface area (Å²) in [6.07, 6.45) is 4.49. The van der Waals surface area contributed by atoms with Gasteiger partial charge in [0.25, 0.3) is 0 Å². The summed E-state index contributed by atoms with van der Waals surface area (Å²) in [7, 11) is 0. The van der Waals surface area contributed by atoms with Crippen molar-refractivity contribution in [3.63, 3.8) is 0 Å². The van der Waals surface area contributed by atoms with Gasteiger partial charge in [0.05, 0.1) is 0 Å². The molecular formula is C19H15N. The first kappa shape index (κ1) is 11.3. The molecule has 3 aromatic carbocycles. The predicted octanol–water partition coefficient (Wildman–Crippen LogP) is 4.58. The van der Waals surface area contributed by atoms with E-state index in [1.54, 1.807) is 0 Å². The summed E-state index contributed by atoms with van der Waals surface area (Å²) in [5.74, 6) is 0.330. The zero-order valence-corrected chi connectivity index (χ0v) is 11.1. The monoisotopic (exact) mass is 257 g/mol. The highest BCUT2D eigenvalue weighted by Gasteiger charge is 2.20. The molecule has 1 atom stereocenters. The summed E-state index contributed by atoms with van der Waals surface area (Å²) in [5, 5.41) is 2.49. The van der Waals surface area contributed by atoms with Crippen molar-refractivity contribution in [3.05, 3.63) is 83.4 Å². The van der Waals surface area contributed by atoms with Gasteiger partial charge in [-0.2, -0.15) is 0 Å². The second kappa shape index (κ2) is 4.24. The fourth-order valence-corrected chi connectivity index (χ4v) is 3.11. The van der Waals surface area contributed by atoms with E-state index in [1.807, 2.05) is 6.07 Å². The quantitative estimate of drug-likeness (QED) is 0.634. The molecule has 0 aliphatic heterocycles. The first-order valence-electron chi connectivity index (χ1n) is 6.88. The minimum Gasteiger partial charge on any atom is -0.399 e. The number of rotatable bonds is 1. The van der Waals surface area contributed by atoms with Gasteiger partial charge < -0.3 is 5.73 Å². The number of hydrogen-bond donors (Lipinski definition) is 1. The number of nitrogens with two attached hydrogens (primary N) is 1. The lowest BCUT2D eigenvalue weighted by Crippen LogP contribution is -1.97. The second-order valence-corrected chi connectivity index (χ2v) is 5.29. The number of nitrogen functional groups attached to an aromatic ring is 1. The van der Waals surface area contributed by atoms with Crippen LogP contribution in [-0.4, -0.2) is 0 Å². The van der Waals surface area contributed by atoms with Crippen LogP contribution in [0.2, 0.25) is 0 Å². The molecule has 0 radical (unpaired) electrons. The molecule has 0 saturated heterocycles. The first-order chi connectivity index (χ1) is 9.83. The molecule has 1 nitrogen and oxygen atoms in total. The van der Waals surface area contributed by atoms with Gasteiger partial charge in [0.2, 0.25) is 0 Å². The van der Waals surface area contributed by atoms with Crippen LogP contribution in [0.25, 0.3) is 16.8 Å². The Morgan fingerprint density at radius 2 is 1.65 bits per heavy atom.